The molecule has 1 aliphatic rings. The van der Waals surface area contributed by atoms with E-state index in [-0.39, 0.29) is 29.4 Å². The molecule has 0 bridgehead atoms. The van der Waals surface area contributed by atoms with Crippen molar-refractivity contribution in [2.45, 2.75) is 50.5 Å². The van der Waals surface area contributed by atoms with Crippen molar-refractivity contribution in [3.63, 3.8) is 0 Å². The number of thiophene rings is 1. The zero-order chi connectivity index (χ0) is 21.6. The highest BCUT2D eigenvalue weighted by Crippen LogP contribution is 2.26. The molecule has 0 atom stereocenters. The highest BCUT2D eigenvalue weighted by Gasteiger charge is 2.27. The summed E-state index contributed by atoms with van der Waals surface area (Å²) < 4.78 is 26.9. The molecule has 0 saturated carbocycles. The van der Waals surface area contributed by atoms with E-state index in [1.165, 1.54) is 4.88 Å². The van der Waals surface area contributed by atoms with Gasteiger partial charge in [-0.3, -0.25) is 0 Å². The van der Waals surface area contributed by atoms with Crippen LogP contribution >= 0.6 is 35.3 Å². The summed E-state index contributed by atoms with van der Waals surface area (Å²) in [5.74, 6) is 0.760. The lowest BCUT2D eigenvalue weighted by Crippen LogP contribution is -2.43. The van der Waals surface area contributed by atoms with Crippen molar-refractivity contribution in [1.29, 1.82) is 0 Å². The third-order valence-electron chi connectivity index (χ3n) is 5.28. The van der Waals surface area contributed by atoms with E-state index < -0.39 is 10.0 Å². The topological polar surface area (TPSA) is 73.8 Å². The predicted molar refractivity (Wildman–Crippen MR) is 140 cm³/mol. The Morgan fingerprint density at radius 2 is 1.81 bits per heavy atom. The average Bonchev–Trinajstić information content (AvgIpc) is 3.45. The van der Waals surface area contributed by atoms with Crippen LogP contribution in [-0.2, 0) is 22.0 Å². The minimum atomic E-state index is -3.37. The van der Waals surface area contributed by atoms with E-state index in [4.69, 9.17) is 0 Å². The molecule has 0 aliphatic carbocycles. The maximum absolute atomic E-state index is 12.7. The van der Waals surface area contributed by atoms with Crippen molar-refractivity contribution in [1.82, 2.24) is 14.9 Å². The van der Waals surface area contributed by atoms with Gasteiger partial charge in [-0.25, -0.2) is 13.4 Å². The first-order valence-electron chi connectivity index (χ1n) is 10.5. The molecule has 1 aromatic heterocycles. The van der Waals surface area contributed by atoms with E-state index in [1.807, 2.05) is 19.1 Å². The van der Waals surface area contributed by atoms with Crippen LogP contribution in [0, 0.1) is 0 Å². The maximum Gasteiger partial charge on any atom is 0.243 e. The molecule has 9 heteroatoms. The summed E-state index contributed by atoms with van der Waals surface area (Å²) in [5.41, 5.74) is 0.987. The molecule has 1 aliphatic heterocycles. The fraction of sp³-hybridized carbons (Fsp3) is 0.500. The van der Waals surface area contributed by atoms with Crippen molar-refractivity contribution in [2.24, 2.45) is 4.99 Å². The van der Waals surface area contributed by atoms with Crippen LogP contribution in [0.4, 0.5) is 0 Å². The second-order valence-electron chi connectivity index (χ2n) is 8.17. The van der Waals surface area contributed by atoms with Crippen LogP contribution < -0.4 is 10.6 Å². The van der Waals surface area contributed by atoms with E-state index >= 15 is 0 Å². The molecular weight excluding hydrogens is 543 g/mol. The van der Waals surface area contributed by atoms with Crippen molar-refractivity contribution in [2.75, 3.05) is 26.2 Å². The highest BCUT2D eigenvalue weighted by molar-refractivity contribution is 14.0. The molecule has 0 radical (unpaired) electrons. The molecule has 1 saturated heterocycles. The number of sulfonamides is 1. The molecule has 1 fully saturated rings. The third-order valence-corrected chi connectivity index (χ3v) is 8.42. The Hall–Kier alpha value is -1.17. The molecule has 1 aromatic carbocycles. The van der Waals surface area contributed by atoms with Crippen LogP contribution in [0.1, 0.15) is 44.1 Å². The molecule has 3 rings (SSSR count). The van der Waals surface area contributed by atoms with Gasteiger partial charge in [0.1, 0.15) is 0 Å². The first kappa shape index (κ1) is 26.1. The van der Waals surface area contributed by atoms with Crippen LogP contribution in [0.25, 0.3) is 0 Å². The number of guanidine groups is 1. The molecule has 0 spiro atoms. The molecular formula is C22H33IN4O2S2. The summed E-state index contributed by atoms with van der Waals surface area (Å²) in [6.45, 7) is 9.74. The number of benzene rings is 1. The lowest BCUT2D eigenvalue weighted by molar-refractivity contribution is 0.477. The Labute approximate surface area is 207 Å². The summed E-state index contributed by atoms with van der Waals surface area (Å²) in [4.78, 5) is 6.37. The van der Waals surface area contributed by atoms with Crippen LogP contribution in [0.2, 0.25) is 0 Å². The molecule has 2 aromatic rings. The van der Waals surface area contributed by atoms with Gasteiger partial charge in [-0.15, -0.1) is 35.3 Å². The van der Waals surface area contributed by atoms with Crippen molar-refractivity contribution in [3.8, 4) is 0 Å². The summed E-state index contributed by atoms with van der Waals surface area (Å²) in [5, 5.41) is 8.82. The largest absolute Gasteiger partial charge is 0.357 e. The number of hydrogen-bond acceptors (Lipinski definition) is 4. The van der Waals surface area contributed by atoms with Gasteiger partial charge in [0.05, 0.1) is 11.4 Å². The number of nitrogens with zero attached hydrogens (tertiary/aromatic N) is 2. The van der Waals surface area contributed by atoms with E-state index in [0.717, 1.165) is 37.5 Å². The maximum atomic E-state index is 12.7. The van der Waals surface area contributed by atoms with Crippen LogP contribution in [0.5, 0.6) is 0 Å². The van der Waals surface area contributed by atoms with E-state index in [9.17, 15) is 8.42 Å². The zero-order valence-electron chi connectivity index (χ0n) is 18.4. The predicted octanol–water partition coefficient (Wildman–Crippen LogP) is 4.18. The van der Waals surface area contributed by atoms with Gasteiger partial charge in [-0.1, -0.05) is 32.0 Å². The van der Waals surface area contributed by atoms with Gasteiger partial charge in [0.15, 0.2) is 5.96 Å². The SMILES string of the molecule is CCNC(=NCc1ccc(S(=O)(=O)N2CCCC2)cc1)NCC(C)(C)c1cccs1.I. The average molecular weight is 577 g/mol. The number of aliphatic imine (C=N–C) groups is 1. The van der Waals surface area contributed by atoms with Gasteiger partial charge >= 0.3 is 0 Å². The number of halogens is 1. The van der Waals surface area contributed by atoms with Gasteiger partial charge in [-0.05, 0) is 48.9 Å². The Kier molecular flexibility index (Phi) is 9.78. The number of rotatable bonds is 8. The lowest BCUT2D eigenvalue weighted by Gasteiger charge is -2.25. The van der Waals surface area contributed by atoms with Gasteiger partial charge in [0.2, 0.25) is 10.0 Å². The zero-order valence-corrected chi connectivity index (χ0v) is 22.4. The summed E-state index contributed by atoms with van der Waals surface area (Å²) in [6, 6.07) is 11.3. The van der Waals surface area contributed by atoms with Crippen molar-refractivity contribution in [3.05, 3.63) is 52.2 Å². The molecule has 172 valence electrons. The third kappa shape index (κ3) is 6.90. The van der Waals surface area contributed by atoms with Gasteiger partial charge in [-0.2, -0.15) is 4.31 Å². The molecule has 6 nitrogen and oxygen atoms in total. The van der Waals surface area contributed by atoms with Crippen LogP contribution in [0.3, 0.4) is 0 Å². The minimum Gasteiger partial charge on any atom is -0.357 e. The summed E-state index contributed by atoms with van der Waals surface area (Å²) in [7, 11) is -3.37. The van der Waals surface area contributed by atoms with E-state index in [0.29, 0.717) is 24.5 Å². The quantitative estimate of drug-likeness (QED) is 0.281. The monoisotopic (exact) mass is 576 g/mol. The Morgan fingerprint density at radius 3 is 2.39 bits per heavy atom. The first-order chi connectivity index (χ1) is 14.3. The van der Waals surface area contributed by atoms with E-state index in [1.54, 1.807) is 27.8 Å². The smallest absolute Gasteiger partial charge is 0.243 e. The second-order valence-corrected chi connectivity index (χ2v) is 11.1. The minimum absolute atomic E-state index is 0. The standard InChI is InChI=1S/C22H32N4O2S2.HI/c1-4-23-21(25-17-22(2,3)20-8-7-15-29-20)24-16-18-9-11-19(12-10-18)30(27,28)26-13-5-6-14-26;/h7-12,15H,4-6,13-14,16-17H2,1-3H3,(H2,23,24,25);1H. The fourth-order valence-electron chi connectivity index (χ4n) is 3.41. The van der Waals surface area contributed by atoms with Gasteiger partial charge < -0.3 is 10.6 Å². The molecule has 2 heterocycles. The number of hydrogen-bond donors (Lipinski definition) is 2. The van der Waals surface area contributed by atoms with Gasteiger partial charge in [0, 0.05) is 36.5 Å². The first-order valence-corrected chi connectivity index (χ1v) is 12.8. The Balaban J connectivity index is 0.00000341. The molecule has 2 N–H and O–H groups in total. The van der Waals surface area contributed by atoms with Crippen molar-refractivity contribution >= 4 is 51.3 Å². The van der Waals surface area contributed by atoms with Gasteiger partial charge in [0.25, 0.3) is 0 Å². The number of nitrogens with one attached hydrogen (secondary N) is 2. The van der Waals surface area contributed by atoms with Crippen LogP contribution in [0.15, 0.2) is 51.7 Å². The van der Waals surface area contributed by atoms with Crippen LogP contribution in [-0.4, -0.2) is 44.9 Å². The summed E-state index contributed by atoms with van der Waals surface area (Å²) in [6.07, 6.45) is 1.88. The normalized spacial score (nSPS) is 15.5. The van der Waals surface area contributed by atoms with Crippen molar-refractivity contribution < 1.29 is 8.42 Å². The fourth-order valence-corrected chi connectivity index (χ4v) is 5.78. The Bertz CT molecular complexity index is 936. The second kappa shape index (κ2) is 11.6. The highest BCUT2D eigenvalue weighted by atomic mass is 127. The molecule has 31 heavy (non-hydrogen) atoms. The molecule has 0 unspecified atom stereocenters. The summed E-state index contributed by atoms with van der Waals surface area (Å²) >= 11 is 1.76. The molecule has 0 amide bonds. The van der Waals surface area contributed by atoms with E-state index in [2.05, 4.69) is 47.0 Å². The lowest BCUT2D eigenvalue weighted by atomic mass is 9.91. The Morgan fingerprint density at radius 1 is 1.13 bits per heavy atom.